The highest BCUT2D eigenvalue weighted by atomic mass is 16.3. The van der Waals surface area contributed by atoms with Crippen LogP contribution in [-0.4, -0.2) is 11.7 Å². The van der Waals surface area contributed by atoms with Crippen LogP contribution in [0, 0.1) is 12.8 Å². The van der Waals surface area contributed by atoms with Crippen molar-refractivity contribution in [1.82, 2.24) is 0 Å². The highest BCUT2D eigenvalue weighted by Crippen LogP contribution is 2.30. The highest BCUT2D eigenvalue weighted by Gasteiger charge is 2.16. The van der Waals surface area contributed by atoms with Gasteiger partial charge in [-0.2, -0.15) is 0 Å². The molecule has 0 unspecified atom stereocenters. The minimum atomic E-state index is 0.207. The third-order valence-corrected chi connectivity index (χ3v) is 3.71. The van der Waals surface area contributed by atoms with Crippen LogP contribution in [0.1, 0.15) is 43.2 Å². The van der Waals surface area contributed by atoms with Gasteiger partial charge in [0.05, 0.1) is 6.61 Å². The van der Waals surface area contributed by atoms with Gasteiger partial charge in [0.1, 0.15) is 0 Å². The van der Waals surface area contributed by atoms with Crippen molar-refractivity contribution in [2.45, 2.75) is 39.0 Å². The molecule has 1 aromatic rings. The van der Waals surface area contributed by atoms with E-state index in [1.54, 1.807) is 0 Å². The number of hydrogen-bond donors (Lipinski definition) is 1. The first-order chi connectivity index (χ1) is 8.29. The number of rotatable bonds is 3. The first kappa shape index (κ1) is 12.4. The molecule has 0 heterocycles. The fourth-order valence-electron chi connectivity index (χ4n) is 2.74. The molecule has 0 spiro atoms. The summed E-state index contributed by atoms with van der Waals surface area (Å²) < 4.78 is 0. The summed E-state index contributed by atoms with van der Waals surface area (Å²) in [6.45, 7) is 2.31. The van der Waals surface area contributed by atoms with E-state index in [0.29, 0.717) is 5.92 Å². The van der Waals surface area contributed by atoms with Gasteiger partial charge in [-0.3, -0.25) is 0 Å². The molecular weight excluding hydrogens is 208 g/mol. The van der Waals surface area contributed by atoms with E-state index in [-0.39, 0.29) is 6.61 Å². The second-order valence-corrected chi connectivity index (χ2v) is 5.13. The Morgan fingerprint density at radius 3 is 2.71 bits per heavy atom. The van der Waals surface area contributed by atoms with Crippen molar-refractivity contribution in [1.29, 1.82) is 0 Å². The lowest BCUT2D eigenvalue weighted by Crippen LogP contribution is -2.11. The van der Waals surface area contributed by atoms with Gasteiger partial charge in [-0.05, 0) is 36.8 Å². The van der Waals surface area contributed by atoms with Crippen molar-refractivity contribution in [2.75, 3.05) is 6.61 Å². The van der Waals surface area contributed by atoms with E-state index in [1.165, 1.54) is 48.8 Å². The van der Waals surface area contributed by atoms with Gasteiger partial charge >= 0.3 is 0 Å². The maximum atomic E-state index is 9.54. The largest absolute Gasteiger partial charge is 0.392 e. The summed E-state index contributed by atoms with van der Waals surface area (Å²) in [7, 11) is 0. The third kappa shape index (κ3) is 3.44. The topological polar surface area (TPSA) is 20.2 Å². The average molecular weight is 230 g/mol. The number of aliphatic hydroxyl groups excluding tert-OH is 1. The average Bonchev–Trinajstić information content (AvgIpc) is 2.37. The van der Waals surface area contributed by atoms with Gasteiger partial charge in [0, 0.05) is 0 Å². The van der Waals surface area contributed by atoms with E-state index in [1.807, 2.05) is 0 Å². The van der Waals surface area contributed by atoms with Gasteiger partial charge < -0.3 is 5.11 Å². The molecule has 0 bridgehead atoms. The van der Waals surface area contributed by atoms with Crippen molar-refractivity contribution in [3.05, 3.63) is 41.0 Å². The number of benzene rings is 1. The molecular formula is C16H22O. The van der Waals surface area contributed by atoms with E-state index in [4.69, 9.17) is 0 Å². The Morgan fingerprint density at radius 2 is 2.06 bits per heavy atom. The van der Waals surface area contributed by atoms with E-state index in [2.05, 4.69) is 37.3 Å². The lowest BCUT2D eigenvalue weighted by molar-refractivity contribution is 0.295. The number of aryl methyl sites for hydroxylation is 1. The smallest absolute Gasteiger partial charge is 0.0647 e. The van der Waals surface area contributed by atoms with Gasteiger partial charge in [-0.25, -0.2) is 0 Å². The SMILES string of the molecule is Cc1cccc(C=C(CO)C2CCCCC2)c1. The summed E-state index contributed by atoms with van der Waals surface area (Å²) in [6.07, 6.45) is 8.67. The summed E-state index contributed by atoms with van der Waals surface area (Å²) in [5, 5.41) is 9.54. The van der Waals surface area contributed by atoms with Crippen molar-refractivity contribution in [2.24, 2.45) is 5.92 Å². The predicted molar refractivity (Wildman–Crippen MR) is 72.8 cm³/mol. The first-order valence-electron chi connectivity index (χ1n) is 6.67. The van der Waals surface area contributed by atoms with Crippen LogP contribution in [0.2, 0.25) is 0 Å². The van der Waals surface area contributed by atoms with Crippen LogP contribution < -0.4 is 0 Å². The van der Waals surface area contributed by atoms with Crippen LogP contribution in [0.3, 0.4) is 0 Å². The minimum absolute atomic E-state index is 0.207. The monoisotopic (exact) mass is 230 g/mol. The van der Waals surface area contributed by atoms with Gasteiger partial charge in [-0.1, -0.05) is 55.2 Å². The summed E-state index contributed by atoms with van der Waals surface area (Å²) in [4.78, 5) is 0. The van der Waals surface area contributed by atoms with Crippen molar-refractivity contribution in [3.63, 3.8) is 0 Å². The number of aliphatic hydroxyl groups is 1. The van der Waals surface area contributed by atoms with E-state index < -0.39 is 0 Å². The Labute approximate surface area is 104 Å². The second kappa shape index (κ2) is 6.02. The standard InChI is InChI=1S/C16H22O/c1-13-6-5-7-14(10-13)11-16(12-17)15-8-3-2-4-9-15/h5-7,10-11,15,17H,2-4,8-9,12H2,1H3. The molecule has 0 radical (unpaired) electrons. The molecule has 0 atom stereocenters. The maximum Gasteiger partial charge on any atom is 0.0647 e. The summed E-state index contributed by atoms with van der Waals surface area (Å²) in [5.41, 5.74) is 3.72. The highest BCUT2D eigenvalue weighted by molar-refractivity contribution is 5.54. The molecule has 0 amide bonds. The van der Waals surface area contributed by atoms with Gasteiger partial charge in [0.15, 0.2) is 0 Å². The molecule has 1 aromatic carbocycles. The molecule has 1 aliphatic rings. The van der Waals surface area contributed by atoms with Crippen LogP contribution in [0.25, 0.3) is 6.08 Å². The Bertz CT molecular complexity index is 386. The molecule has 1 heteroatoms. The molecule has 1 saturated carbocycles. The van der Waals surface area contributed by atoms with Crippen LogP contribution >= 0.6 is 0 Å². The molecule has 1 N–H and O–H groups in total. The third-order valence-electron chi connectivity index (χ3n) is 3.71. The Kier molecular flexibility index (Phi) is 4.38. The molecule has 1 nitrogen and oxygen atoms in total. The van der Waals surface area contributed by atoms with Crippen molar-refractivity contribution in [3.8, 4) is 0 Å². The van der Waals surface area contributed by atoms with Crippen LogP contribution in [0.15, 0.2) is 29.8 Å². The minimum Gasteiger partial charge on any atom is -0.392 e. The Hall–Kier alpha value is -1.08. The molecule has 17 heavy (non-hydrogen) atoms. The van der Waals surface area contributed by atoms with E-state index >= 15 is 0 Å². The fourth-order valence-corrected chi connectivity index (χ4v) is 2.74. The van der Waals surface area contributed by atoms with Gasteiger partial charge in [0.25, 0.3) is 0 Å². The maximum absolute atomic E-state index is 9.54. The normalized spacial score (nSPS) is 18.4. The van der Waals surface area contributed by atoms with Crippen LogP contribution in [0.4, 0.5) is 0 Å². The zero-order valence-corrected chi connectivity index (χ0v) is 10.7. The predicted octanol–water partition coefficient (Wildman–Crippen LogP) is 3.95. The quantitative estimate of drug-likeness (QED) is 0.833. The molecule has 0 aliphatic heterocycles. The number of hydrogen-bond acceptors (Lipinski definition) is 1. The van der Waals surface area contributed by atoms with E-state index in [0.717, 1.165) is 0 Å². The fraction of sp³-hybridized carbons (Fsp3) is 0.500. The van der Waals surface area contributed by atoms with E-state index in [9.17, 15) is 5.11 Å². The molecule has 2 rings (SSSR count). The van der Waals surface area contributed by atoms with Gasteiger partial charge in [0.2, 0.25) is 0 Å². The first-order valence-corrected chi connectivity index (χ1v) is 6.67. The summed E-state index contributed by atoms with van der Waals surface area (Å²) in [5.74, 6) is 0.606. The van der Waals surface area contributed by atoms with Crippen LogP contribution in [0.5, 0.6) is 0 Å². The lowest BCUT2D eigenvalue weighted by atomic mass is 9.83. The zero-order valence-electron chi connectivity index (χ0n) is 10.7. The van der Waals surface area contributed by atoms with Crippen molar-refractivity contribution < 1.29 is 5.11 Å². The van der Waals surface area contributed by atoms with Crippen molar-refractivity contribution >= 4 is 6.08 Å². The molecule has 0 aromatic heterocycles. The lowest BCUT2D eigenvalue weighted by Gasteiger charge is -2.23. The summed E-state index contributed by atoms with van der Waals surface area (Å²) >= 11 is 0. The molecule has 1 aliphatic carbocycles. The van der Waals surface area contributed by atoms with Crippen LogP contribution in [-0.2, 0) is 0 Å². The molecule has 92 valence electrons. The second-order valence-electron chi connectivity index (χ2n) is 5.13. The zero-order chi connectivity index (χ0) is 12.1. The van der Waals surface area contributed by atoms with Gasteiger partial charge in [-0.15, -0.1) is 0 Å². The summed E-state index contributed by atoms with van der Waals surface area (Å²) in [6, 6.07) is 8.48. The Balaban J connectivity index is 2.16. The Morgan fingerprint density at radius 1 is 1.29 bits per heavy atom. The molecule has 1 fully saturated rings. The molecule has 0 saturated heterocycles.